The number of aliphatic carboxylic acids is 1. The average Bonchev–Trinajstić information content (AvgIpc) is 2.81. The zero-order valence-electron chi connectivity index (χ0n) is 10.7. The van der Waals surface area contributed by atoms with Crippen LogP contribution in [0.5, 0.6) is 0 Å². The predicted molar refractivity (Wildman–Crippen MR) is 69.0 cm³/mol. The SMILES string of the molecule is CSCCCCNC(=O)C1C(C(=O)O)C1(C)C. The molecule has 0 bridgehead atoms. The van der Waals surface area contributed by atoms with Crippen molar-refractivity contribution in [3.63, 3.8) is 0 Å². The summed E-state index contributed by atoms with van der Waals surface area (Å²) in [6, 6.07) is 0. The fourth-order valence-corrected chi connectivity index (χ4v) is 2.77. The Kier molecular flexibility index (Phi) is 4.86. The summed E-state index contributed by atoms with van der Waals surface area (Å²) in [4.78, 5) is 22.7. The van der Waals surface area contributed by atoms with E-state index in [1.165, 1.54) is 0 Å². The molecule has 0 saturated heterocycles. The summed E-state index contributed by atoms with van der Waals surface area (Å²) in [6.07, 6.45) is 4.10. The van der Waals surface area contributed by atoms with Gasteiger partial charge in [0.15, 0.2) is 0 Å². The molecule has 2 unspecified atom stereocenters. The van der Waals surface area contributed by atoms with E-state index < -0.39 is 17.3 Å². The molecule has 5 heteroatoms. The van der Waals surface area contributed by atoms with Crippen LogP contribution in [0.4, 0.5) is 0 Å². The first-order valence-electron chi connectivity index (χ1n) is 5.92. The van der Waals surface area contributed by atoms with Gasteiger partial charge in [-0.2, -0.15) is 11.8 Å². The lowest BCUT2D eigenvalue weighted by atomic mass is 10.1. The monoisotopic (exact) mass is 259 g/mol. The van der Waals surface area contributed by atoms with E-state index in [0.29, 0.717) is 6.54 Å². The number of hydrogen-bond donors (Lipinski definition) is 2. The highest BCUT2D eigenvalue weighted by molar-refractivity contribution is 7.98. The molecule has 0 spiro atoms. The molecule has 0 aromatic carbocycles. The van der Waals surface area contributed by atoms with Crippen molar-refractivity contribution in [1.82, 2.24) is 5.32 Å². The molecule has 4 nitrogen and oxygen atoms in total. The highest BCUT2D eigenvalue weighted by atomic mass is 32.2. The molecule has 0 aliphatic heterocycles. The smallest absolute Gasteiger partial charge is 0.307 e. The highest BCUT2D eigenvalue weighted by Crippen LogP contribution is 2.58. The van der Waals surface area contributed by atoms with E-state index in [1.807, 2.05) is 13.8 Å². The maximum Gasteiger partial charge on any atom is 0.307 e. The highest BCUT2D eigenvalue weighted by Gasteiger charge is 2.65. The van der Waals surface area contributed by atoms with E-state index >= 15 is 0 Å². The molecule has 1 amide bonds. The summed E-state index contributed by atoms with van der Waals surface area (Å²) in [7, 11) is 0. The first-order valence-corrected chi connectivity index (χ1v) is 7.31. The van der Waals surface area contributed by atoms with Crippen LogP contribution in [0.3, 0.4) is 0 Å². The minimum absolute atomic E-state index is 0.105. The number of amides is 1. The Labute approximate surface area is 107 Å². The second-order valence-corrected chi connectivity index (χ2v) is 6.09. The molecule has 0 aromatic rings. The van der Waals surface area contributed by atoms with Gasteiger partial charge in [-0.05, 0) is 30.3 Å². The summed E-state index contributed by atoms with van der Waals surface area (Å²) in [5.74, 6) is -0.749. The van der Waals surface area contributed by atoms with Gasteiger partial charge in [0.2, 0.25) is 5.91 Å². The third kappa shape index (κ3) is 3.37. The zero-order chi connectivity index (χ0) is 13.1. The number of unbranched alkanes of at least 4 members (excludes halogenated alkanes) is 1. The Balaban J connectivity index is 2.28. The van der Waals surface area contributed by atoms with Gasteiger partial charge in [-0.1, -0.05) is 13.8 Å². The van der Waals surface area contributed by atoms with Gasteiger partial charge in [0.05, 0.1) is 11.8 Å². The standard InChI is InChI=1S/C12H21NO3S/c1-12(2)8(9(12)11(15)16)10(14)13-6-4-5-7-17-3/h8-9H,4-7H2,1-3H3,(H,13,14)(H,15,16). The van der Waals surface area contributed by atoms with E-state index in [0.717, 1.165) is 18.6 Å². The number of carboxylic acid groups (broad SMARTS) is 1. The maximum atomic E-state index is 11.8. The van der Waals surface area contributed by atoms with Gasteiger partial charge in [0, 0.05) is 6.54 Å². The molecule has 1 aliphatic carbocycles. The van der Waals surface area contributed by atoms with Crippen molar-refractivity contribution in [1.29, 1.82) is 0 Å². The summed E-state index contributed by atoms with van der Waals surface area (Å²) in [5, 5.41) is 11.8. The summed E-state index contributed by atoms with van der Waals surface area (Å²) >= 11 is 1.79. The number of nitrogens with one attached hydrogen (secondary N) is 1. The quantitative estimate of drug-likeness (QED) is 0.682. The van der Waals surface area contributed by atoms with Crippen molar-refractivity contribution in [3.05, 3.63) is 0 Å². The fourth-order valence-electron chi connectivity index (χ4n) is 2.28. The molecule has 17 heavy (non-hydrogen) atoms. The van der Waals surface area contributed by atoms with Crippen LogP contribution in [-0.4, -0.2) is 35.5 Å². The maximum absolute atomic E-state index is 11.8. The van der Waals surface area contributed by atoms with Gasteiger partial charge < -0.3 is 10.4 Å². The lowest BCUT2D eigenvalue weighted by molar-refractivity contribution is -0.140. The van der Waals surface area contributed by atoms with Crippen molar-refractivity contribution >= 4 is 23.6 Å². The van der Waals surface area contributed by atoms with Gasteiger partial charge in [-0.25, -0.2) is 0 Å². The van der Waals surface area contributed by atoms with Crippen molar-refractivity contribution in [2.45, 2.75) is 26.7 Å². The van der Waals surface area contributed by atoms with Gasteiger partial charge in [0.1, 0.15) is 0 Å². The Morgan fingerprint density at radius 2 is 1.94 bits per heavy atom. The van der Waals surface area contributed by atoms with Crippen molar-refractivity contribution < 1.29 is 14.7 Å². The van der Waals surface area contributed by atoms with E-state index in [9.17, 15) is 9.59 Å². The summed E-state index contributed by atoms with van der Waals surface area (Å²) in [6.45, 7) is 4.33. The zero-order valence-corrected chi connectivity index (χ0v) is 11.5. The fraction of sp³-hybridized carbons (Fsp3) is 0.833. The summed E-state index contributed by atoms with van der Waals surface area (Å²) < 4.78 is 0. The van der Waals surface area contributed by atoms with E-state index in [1.54, 1.807) is 11.8 Å². The van der Waals surface area contributed by atoms with Gasteiger partial charge >= 0.3 is 5.97 Å². The molecule has 0 heterocycles. The van der Waals surface area contributed by atoms with E-state index in [-0.39, 0.29) is 11.8 Å². The lowest BCUT2D eigenvalue weighted by Gasteiger charge is -2.05. The predicted octanol–water partition coefficient (Wildman–Crippen LogP) is 1.60. The molecule has 0 radical (unpaired) electrons. The Morgan fingerprint density at radius 1 is 1.29 bits per heavy atom. The van der Waals surface area contributed by atoms with Crippen molar-refractivity contribution in [3.8, 4) is 0 Å². The number of carbonyl (C=O) groups is 2. The molecule has 0 aromatic heterocycles. The molecule has 2 N–H and O–H groups in total. The van der Waals surface area contributed by atoms with E-state index in [4.69, 9.17) is 5.11 Å². The third-order valence-corrected chi connectivity index (χ3v) is 4.15. The minimum Gasteiger partial charge on any atom is -0.481 e. The lowest BCUT2D eigenvalue weighted by Crippen LogP contribution is -2.28. The first kappa shape index (κ1) is 14.4. The third-order valence-electron chi connectivity index (χ3n) is 3.45. The van der Waals surface area contributed by atoms with Crippen LogP contribution < -0.4 is 5.32 Å². The van der Waals surface area contributed by atoms with Crippen LogP contribution in [0.25, 0.3) is 0 Å². The Bertz CT molecular complexity index is 304. The van der Waals surface area contributed by atoms with Crippen LogP contribution in [-0.2, 0) is 9.59 Å². The normalized spacial score (nSPS) is 25.4. The topological polar surface area (TPSA) is 66.4 Å². The van der Waals surface area contributed by atoms with Crippen LogP contribution in [0.2, 0.25) is 0 Å². The average molecular weight is 259 g/mol. The molecule has 1 aliphatic rings. The first-order chi connectivity index (χ1) is 7.92. The molecule has 2 atom stereocenters. The molecule has 1 saturated carbocycles. The summed E-state index contributed by atoms with van der Waals surface area (Å²) in [5.41, 5.74) is -0.394. The second-order valence-electron chi connectivity index (χ2n) is 5.11. The number of carboxylic acids is 1. The van der Waals surface area contributed by atoms with Gasteiger partial charge in [0.25, 0.3) is 0 Å². The van der Waals surface area contributed by atoms with Crippen LogP contribution in [0.1, 0.15) is 26.7 Å². The Morgan fingerprint density at radius 3 is 2.41 bits per heavy atom. The molecular weight excluding hydrogens is 238 g/mol. The number of carbonyl (C=O) groups excluding carboxylic acids is 1. The number of hydrogen-bond acceptors (Lipinski definition) is 3. The number of rotatable bonds is 7. The van der Waals surface area contributed by atoms with Crippen molar-refractivity contribution in [2.24, 2.45) is 17.3 Å². The molecule has 98 valence electrons. The van der Waals surface area contributed by atoms with E-state index in [2.05, 4.69) is 11.6 Å². The minimum atomic E-state index is -0.863. The molecule has 1 rings (SSSR count). The van der Waals surface area contributed by atoms with Crippen LogP contribution >= 0.6 is 11.8 Å². The second kappa shape index (κ2) is 5.76. The number of thioether (sulfide) groups is 1. The van der Waals surface area contributed by atoms with Crippen LogP contribution in [0.15, 0.2) is 0 Å². The van der Waals surface area contributed by atoms with Gasteiger partial charge in [-0.15, -0.1) is 0 Å². The van der Waals surface area contributed by atoms with Gasteiger partial charge in [-0.3, -0.25) is 9.59 Å². The molecular formula is C12H21NO3S. The molecule has 1 fully saturated rings. The Hall–Kier alpha value is -0.710. The van der Waals surface area contributed by atoms with Crippen molar-refractivity contribution in [2.75, 3.05) is 18.6 Å². The van der Waals surface area contributed by atoms with Crippen LogP contribution in [0, 0.1) is 17.3 Å². The largest absolute Gasteiger partial charge is 0.481 e.